The smallest absolute Gasteiger partial charge is 0.187 e. The Morgan fingerprint density at radius 1 is 0.619 bits per heavy atom. The topological polar surface area (TPSA) is 258 Å². The van der Waals surface area contributed by atoms with E-state index in [-0.39, 0.29) is 17.4 Å². The minimum Gasteiger partial charge on any atom is -0.394 e. The van der Waals surface area contributed by atoms with E-state index in [1.54, 1.807) is 0 Å². The molecule has 0 aromatic rings. The summed E-state index contributed by atoms with van der Waals surface area (Å²) in [7, 11) is 0. The molecule has 0 amide bonds. The van der Waals surface area contributed by atoms with Gasteiger partial charge < -0.3 is 79.5 Å². The Labute approximate surface area is 372 Å². The third-order valence-corrected chi connectivity index (χ3v) is 17.7. The zero-order chi connectivity index (χ0) is 45.7. The minimum absolute atomic E-state index is 0.0487. The number of ether oxygens (including phenoxy) is 6. The molecular weight excluding hydrogens is 821 g/mol. The predicted octanol–water partition coefficient (Wildman–Crippen LogP) is 1.35. The Morgan fingerprint density at radius 2 is 1.21 bits per heavy atom. The number of allylic oxidation sites excluding steroid dienone is 2. The molecule has 2 unspecified atom stereocenters. The van der Waals surface area contributed by atoms with Crippen LogP contribution in [0.25, 0.3) is 0 Å². The number of hydrogen-bond donors (Lipinski definition) is 10. The summed E-state index contributed by atoms with van der Waals surface area (Å²) in [4.78, 5) is 0. The highest BCUT2D eigenvalue weighted by molar-refractivity contribution is 5.18. The number of rotatable bonds is 15. The Balaban J connectivity index is 1.05. The molecule has 63 heavy (non-hydrogen) atoms. The maximum Gasteiger partial charge on any atom is 0.187 e. The summed E-state index contributed by atoms with van der Waals surface area (Å²) < 4.78 is 35.8. The van der Waals surface area contributed by atoms with Gasteiger partial charge in [0, 0.05) is 0 Å². The van der Waals surface area contributed by atoms with Crippen molar-refractivity contribution in [3.63, 3.8) is 0 Å². The molecule has 3 aliphatic heterocycles. The monoisotopic (exact) mass is 901 g/mol. The second kappa shape index (κ2) is 20.4. The molecule has 0 aromatic carbocycles. The third kappa shape index (κ3) is 9.60. The van der Waals surface area contributed by atoms with Gasteiger partial charge in [0.25, 0.3) is 0 Å². The summed E-state index contributed by atoms with van der Waals surface area (Å²) in [5.41, 5.74) is 0.379. The van der Waals surface area contributed by atoms with Gasteiger partial charge >= 0.3 is 0 Å². The van der Waals surface area contributed by atoms with Crippen LogP contribution in [0.5, 0.6) is 0 Å². The highest BCUT2D eigenvalue weighted by Gasteiger charge is 2.60. The molecule has 6 fully saturated rings. The van der Waals surface area contributed by atoms with E-state index in [4.69, 9.17) is 28.4 Å². The molecule has 16 nitrogen and oxygen atoms in total. The van der Waals surface area contributed by atoms with E-state index in [1.807, 2.05) is 0 Å². The fraction of sp³-hybridized carbons (Fsp3) is 0.957. The van der Waals surface area contributed by atoms with Crippen molar-refractivity contribution in [1.82, 2.24) is 0 Å². The lowest BCUT2D eigenvalue weighted by molar-refractivity contribution is -0.377. The van der Waals surface area contributed by atoms with E-state index in [0.717, 1.165) is 24.2 Å². The van der Waals surface area contributed by atoms with Crippen LogP contribution in [0.15, 0.2) is 12.2 Å². The van der Waals surface area contributed by atoms with Crippen LogP contribution in [0.1, 0.15) is 106 Å². The van der Waals surface area contributed by atoms with Gasteiger partial charge in [0.1, 0.15) is 73.2 Å². The number of aliphatic hydroxyl groups is 10. The summed E-state index contributed by atoms with van der Waals surface area (Å²) in [6.07, 6.45) is -8.01. The van der Waals surface area contributed by atoms with Gasteiger partial charge in [0.15, 0.2) is 18.9 Å². The highest BCUT2D eigenvalue weighted by Crippen LogP contribution is 2.67. The van der Waals surface area contributed by atoms with Crippen LogP contribution >= 0.6 is 0 Å². The zero-order valence-electron chi connectivity index (χ0n) is 38.1. The predicted molar refractivity (Wildman–Crippen MR) is 226 cm³/mol. The van der Waals surface area contributed by atoms with Crippen molar-refractivity contribution in [3.8, 4) is 0 Å². The summed E-state index contributed by atoms with van der Waals surface area (Å²) in [5, 5.41) is 105. The third-order valence-electron chi connectivity index (χ3n) is 17.7. The Kier molecular flexibility index (Phi) is 16.2. The zero-order valence-corrected chi connectivity index (χ0v) is 38.1. The van der Waals surface area contributed by atoms with E-state index in [9.17, 15) is 51.1 Å². The fourth-order valence-electron chi connectivity index (χ4n) is 13.6. The van der Waals surface area contributed by atoms with Crippen molar-refractivity contribution in [2.75, 3.05) is 19.8 Å². The van der Waals surface area contributed by atoms with Crippen LogP contribution in [0, 0.1) is 58.2 Å². The number of aliphatic hydroxyl groups excluding tert-OH is 10. The van der Waals surface area contributed by atoms with Crippen LogP contribution in [0.2, 0.25) is 0 Å². The van der Waals surface area contributed by atoms with E-state index in [1.165, 1.54) is 44.9 Å². The SMILES string of the molecule is CC[C@H](CC[C@@H](C)[C@H]1CC[C@H]2C3C=CC4C[C@@H](O[C@@H]5O[C@H](CO[C@@H]6O[C@H](CO)[C@@H](O)[C@H](O)[C@H]6O)[C@@H](O)[C@H](O)[C@H]5O[C@@H]5O[C@H](CO)[C@@H](O)[C@H](O)[C@H]5O)CC[C@]4(C)[C@H]3CC[C@]12C)C(C)C. The minimum atomic E-state index is -1.80. The summed E-state index contributed by atoms with van der Waals surface area (Å²) in [6.45, 7) is 12.7. The lowest BCUT2D eigenvalue weighted by Crippen LogP contribution is -2.65. The molecule has 7 rings (SSSR count). The van der Waals surface area contributed by atoms with E-state index in [2.05, 4.69) is 53.7 Å². The quantitative estimate of drug-likeness (QED) is 0.104. The van der Waals surface area contributed by atoms with Crippen LogP contribution in [0.4, 0.5) is 0 Å². The van der Waals surface area contributed by atoms with Crippen LogP contribution < -0.4 is 0 Å². The summed E-state index contributed by atoms with van der Waals surface area (Å²) in [5.74, 6) is 4.88. The van der Waals surface area contributed by atoms with Crippen molar-refractivity contribution < 1.29 is 79.5 Å². The number of hydrogen-bond acceptors (Lipinski definition) is 16. The van der Waals surface area contributed by atoms with E-state index < -0.39 is 112 Å². The van der Waals surface area contributed by atoms with E-state index >= 15 is 0 Å². The molecule has 3 heterocycles. The van der Waals surface area contributed by atoms with Gasteiger partial charge in [0.05, 0.1) is 25.9 Å². The van der Waals surface area contributed by atoms with Crippen LogP contribution in [-0.2, 0) is 28.4 Å². The lowest BCUT2D eigenvalue weighted by Gasteiger charge is -2.59. The standard InChI is InChI=1S/C47H80O16/c1-7-24(22(2)3)9-8-23(4)28-12-13-29-27-11-10-25-18-26(14-16-46(25,5)30(27)15-17-47(28,29)6)59-45-42(63-44-41(57)38(54)35(51)32(20-49)61-44)39(55)36(52)33(62-45)21-58-43-40(56)37(53)34(50)31(19-48)60-43/h10-11,22-45,48-57H,7-9,12-21H2,1-6H3/t23-,24-,25?,26+,27?,28-,29+,30+,31-,32-,33-,34-,35-,36-,37+,38+,39+,40-,41-,42-,43-,44+,45-,46+,47-/m1/s1. The largest absolute Gasteiger partial charge is 0.394 e. The van der Waals surface area contributed by atoms with Crippen LogP contribution in [0.3, 0.4) is 0 Å². The maximum absolute atomic E-state index is 11.6. The molecule has 7 aliphatic rings. The van der Waals surface area contributed by atoms with Gasteiger partial charge in [-0.15, -0.1) is 0 Å². The molecule has 0 aromatic heterocycles. The molecule has 10 N–H and O–H groups in total. The van der Waals surface area contributed by atoms with Gasteiger partial charge in [0.2, 0.25) is 0 Å². The normalized spacial score (nSPS) is 51.0. The van der Waals surface area contributed by atoms with Crippen molar-refractivity contribution >= 4 is 0 Å². The van der Waals surface area contributed by atoms with Gasteiger partial charge in [-0.25, -0.2) is 0 Å². The van der Waals surface area contributed by atoms with E-state index in [0.29, 0.717) is 41.9 Å². The van der Waals surface area contributed by atoms with Gasteiger partial charge in [-0.3, -0.25) is 0 Å². The first-order valence-electron chi connectivity index (χ1n) is 24.1. The molecule has 0 spiro atoms. The molecule has 3 saturated heterocycles. The highest BCUT2D eigenvalue weighted by atomic mass is 16.8. The molecular formula is C47H80O16. The summed E-state index contributed by atoms with van der Waals surface area (Å²) in [6, 6.07) is 0. The molecule has 25 atom stereocenters. The van der Waals surface area contributed by atoms with Crippen molar-refractivity contribution in [1.29, 1.82) is 0 Å². The first-order valence-corrected chi connectivity index (χ1v) is 24.1. The molecule has 4 aliphatic carbocycles. The Bertz CT molecular complexity index is 1500. The molecule has 16 heteroatoms. The molecule has 0 bridgehead atoms. The second-order valence-corrected chi connectivity index (χ2v) is 21.4. The first kappa shape index (κ1) is 50.0. The van der Waals surface area contributed by atoms with Crippen molar-refractivity contribution in [2.24, 2.45) is 58.2 Å². The average Bonchev–Trinajstić information content (AvgIpc) is 3.62. The van der Waals surface area contributed by atoms with Gasteiger partial charge in [-0.1, -0.05) is 66.5 Å². The van der Waals surface area contributed by atoms with Gasteiger partial charge in [-0.2, -0.15) is 0 Å². The Morgan fingerprint density at radius 3 is 1.84 bits per heavy atom. The molecule has 3 saturated carbocycles. The maximum atomic E-state index is 11.6. The average molecular weight is 901 g/mol. The second-order valence-electron chi connectivity index (χ2n) is 21.4. The number of fused-ring (bicyclic) bond motifs is 5. The lowest BCUT2D eigenvalue weighted by atomic mass is 9.46. The van der Waals surface area contributed by atoms with Crippen molar-refractivity contribution in [2.45, 2.75) is 204 Å². The first-order chi connectivity index (χ1) is 29.9. The molecule has 0 radical (unpaired) electrons. The Hall–Kier alpha value is -0.900. The van der Waals surface area contributed by atoms with Crippen LogP contribution in [-0.4, -0.2) is 169 Å². The van der Waals surface area contributed by atoms with Gasteiger partial charge in [-0.05, 0) is 110 Å². The fourth-order valence-corrected chi connectivity index (χ4v) is 13.6. The molecule has 364 valence electrons. The van der Waals surface area contributed by atoms with Crippen molar-refractivity contribution in [3.05, 3.63) is 12.2 Å². The summed E-state index contributed by atoms with van der Waals surface area (Å²) >= 11 is 0.